The molecule has 1 aromatic rings. The summed E-state index contributed by atoms with van der Waals surface area (Å²) in [5.74, 6) is 1.20. The summed E-state index contributed by atoms with van der Waals surface area (Å²) in [6.07, 6.45) is 3.18. The number of nitrogens with zero attached hydrogens (tertiary/aromatic N) is 1. The molecule has 0 aliphatic heterocycles. The van der Waals surface area contributed by atoms with Crippen LogP contribution in [0.25, 0.3) is 0 Å². The molecule has 0 radical (unpaired) electrons. The van der Waals surface area contributed by atoms with Gasteiger partial charge in [-0.05, 0) is 31.4 Å². The molecule has 3 heteroatoms. The Morgan fingerprint density at radius 1 is 1.27 bits per heavy atom. The largest absolute Gasteiger partial charge is 0.399 e. The minimum atomic E-state index is 0.913. The summed E-state index contributed by atoms with van der Waals surface area (Å²) in [6.45, 7) is 2.22. The first-order chi connectivity index (χ1) is 7.24. The van der Waals surface area contributed by atoms with E-state index in [-0.39, 0.29) is 0 Å². The minimum absolute atomic E-state index is 0.913. The number of likely N-dealkylation sites (N-methyl/N-ethyl adjacent to an activating group) is 1. The van der Waals surface area contributed by atoms with Crippen LogP contribution < -0.4 is 5.73 Å². The van der Waals surface area contributed by atoms with E-state index in [1.165, 1.54) is 11.3 Å². The zero-order chi connectivity index (χ0) is 11.1. The van der Waals surface area contributed by atoms with Crippen molar-refractivity contribution in [3.63, 3.8) is 0 Å². The van der Waals surface area contributed by atoms with Crippen molar-refractivity contribution in [3.05, 3.63) is 29.8 Å². The third kappa shape index (κ3) is 4.58. The number of rotatable bonds is 6. The average Bonchev–Trinajstić information content (AvgIpc) is 2.25. The molecular formula is C12H20N2S. The maximum atomic E-state index is 5.88. The van der Waals surface area contributed by atoms with Gasteiger partial charge in [0.25, 0.3) is 0 Å². The molecule has 0 spiro atoms. The molecule has 2 N–H and O–H groups in total. The summed E-state index contributed by atoms with van der Waals surface area (Å²) in [7, 11) is 2.16. The van der Waals surface area contributed by atoms with Crippen LogP contribution in [0.2, 0.25) is 0 Å². The highest BCUT2D eigenvalue weighted by molar-refractivity contribution is 7.98. The molecule has 0 saturated heterocycles. The maximum absolute atomic E-state index is 5.88. The highest BCUT2D eigenvalue weighted by Gasteiger charge is 2.01. The summed E-state index contributed by atoms with van der Waals surface area (Å²) >= 11 is 1.89. The second-order valence-corrected chi connectivity index (χ2v) is 4.73. The lowest BCUT2D eigenvalue weighted by atomic mass is 10.1. The second kappa shape index (κ2) is 6.75. The van der Waals surface area contributed by atoms with Crippen molar-refractivity contribution in [3.8, 4) is 0 Å². The van der Waals surface area contributed by atoms with Crippen LogP contribution in [0.4, 0.5) is 5.69 Å². The first kappa shape index (κ1) is 12.4. The van der Waals surface area contributed by atoms with Gasteiger partial charge in [0.05, 0.1) is 0 Å². The van der Waals surface area contributed by atoms with E-state index >= 15 is 0 Å². The smallest absolute Gasteiger partial charge is 0.0347 e. The third-order valence-electron chi connectivity index (χ3n) is 2.50. The Balaban J connectivity index is 2.33. The zero-order valence-corrected chi connectivity index (χ0v) is 10.4. The van der Waals surface area contributed by atoms with E-state index in [0.29, 0.717) is 0 Å². The molecule has 0 unspecified atom stereocenters. The molecule has 0 fully saturated rings. The van der Waals surface area contributed by atoms with Gasteiger partial charge in [0.15, 0.2) is 0 Å². The SMILES string of the molecule is CSCCN(C)CCc1ccccc1N. The van der Waals surface area contributed by atoms with E-state index < -0.39 is 0 Å². The molecule has 1 rings (SSSR count). The number of para-hydroxylation sites is 1. The third-order valence-corrected chi connectivity index (χ3v) is 3.09. The number of benzene rings is 1. The Kier molecular flexibility index (Phi) is 5.58. The van der Waals surface area contributed by atoms with E-state index in [0.717, 1.165) is 25.2 Å². The lowest BCUT2D eigenvalue weighted by Gasteiger charge is -2.16. The molecular weight excluding hydrogens is 204 g/mol. The van der Waals surface area contributed by atoms with Crippen molar-refractivity contribution >= 4 is 17.4 Å². The van der Waals surface area contributed by atoms with Crippen molar-refractivity contribution in [1.82, 2.24) is 4.90 Å². The fourth-order valence-corrected chi connectivity index (χ4v) is 1.93. The van der Waals surface area contributed by atoms with E-state index in [1.807, 2.05) is 30.0 Å². The number of hydrogen-bond donors (Lipinski definition) is 1. The van der Waals surface area contributed by atoms with Crippen molar-refractivity contribution in [1.29, 1.82) is 0 Å². The summed E-state index contributed by atoms with van der Waals surface area (Å²) in [5.41, 5.74) is 8.05. The molecule has 0 aliphatic rings. The fraction of sp³-hybridized carbons (Fsp3) is 0.500. The number of thioether (sulfide) groups is 1. The van der Waals surface area contributed by atoms with Crippen LogP contribution in [-0.2, 0) is 6.42 Å². The van der Waals surface area contributed by atoms with Crippen LogP contribution in [-0.4, -0.2) is 37.0 Å². The molecule has 2 nitrogen and oxygen atoms in total. The van der Waals surface area contributed by atoms with Crippen molar-refractivity contribution < 1.29 is 0 Å². The van der Waals surface area contributed by atoms with Gasteiger partial charge in [-0.25, -0.2) is 0 Å². The second-order valence-electron chi connectivity index (χ2n) is 3.74. The molecule has 0 aromatic heterocycles. The van der Waals surface area contributed by atoms with Crippen molar-refractivity contribution in [2.75, 3.05) is 37.9 Å². The predicted molar refractivity (Wildman–Crippen MR) is 70.4 cm³/mol. The molecule has 0 bridgehead atoms. The number of nitrogens with two attached hydrogens (primary N) is 1. The number of hydrogen-bond acceptors (Lipinski definition) is 3. The van der Waals surface area contributed by atoms with Gasteiger partial charge in [-0.3, -0.25) is 0 Å². The predicted octanol–water partition coefficient (Wildman–Crippen LogP) is 2.11. The van der Waals surface area contributed by atoms with Gasteiger partial charge in [-0.15, -0.1) is 0 Å². The highest BCUT2D eigenvalue weighted by atomic mass is 32.2. The van der Waals surface area contributed by atoms with E-state index in [4.69, 9.17) is 5.73 Å². The lowest BCUT2D eigenvalue weighted by molar-refractivity contribution is 0.361. The molecule has 84 valence electrons. The summed E-state index contributed by atoms with van der Waals surface area (Å²) in [6, 6.07) is 8.11. The molecule has 1 aromatic carbocycles. The Hall–Kier alpha value is -0.670. The monoisotopic (exact) mass is 224 g/mol. The molecule has 0 atom stereocenters. The van der Waals surface area contributed by atoms with Gasteiger partial charge in [0.2, 0.25) is 0 Å². The van der Waals surface area contributed by atoms with Crippen LogP contribution >= 0.6 is 11.8 Å². The van der Waals surface area contributed by atoms with E-state index in [2.05, 4.69) is 24.3 Å². The van der Waals surface area contributed by atoms with E-state index in [9.17, 15) is 0 Å². The fourth-order valence-electron chi connectivity index (χ4n) is 1.43. The maximum Gasteiger partial charge on any atom is 0.0347 e. The standard InChI is InChI=1S/C12H20N2S/c1-14(9-10-15-2)8-7-11-5-3-4-6-12(11)13/h3-6H,7-10,13H2,1-2H3. The van der Waals surface area contributed by atoms with Gasteiger partial charge in [0.1, 0.15) is 0 Å². The Labute approximate surface area is 96.8 Å². The number of anilines is 1. The Morgan fingerprint density at radius 2 is 2.00 bits per heavy atom. The average molecular weight is 224 g/mol. The lowest BCUT2D eigenvalue weighted by Crippen LogP contribution is -2.24. The Bertz CT molecular complexity index is 289. The van der Waals surface area contributed by atoms with Gasteiger partial charge in [0, 0.05) is 24.5 Å². The van der Waals surface area contributed by atoms with Crippen LogP contribution in [0, 0.1) is 0 Å². The molecule has 15 heavy (non-hydrogen) atoms. The van der Waals surface area contributed by atoms with Crippen molar-refractivity contribution in [2.45, 2.75) is 6.42 Å². The topological polar surface area (TPSA) is 29.3 Å². The van der Waals surface area contributed by atoms with Crippen LogP contribution in [0.5, 0.6) is 0 Å². The zero-order valence-electron chi connectivity index (χ0n) is 9.57. The quantitative estimate of drug-likeness (QED) is 0.750. The molecule has 0 heterocycles. The van der Waals surface area contributed by atoms with Gasteiger partial charge in [-0.1, -0.05) is 18.2 Å². The molecule has 0 saturated carbocycles. The summed E-state index contributed by atoms with van der Waals surface area (Å²) < 4.78 is 0. The normalized spacial score (nSPS) is 10.9. The number of nitrogen functional groups attached to an aromatic ring is 1. The molecule has 0 aliphatic carbocycles. The van der Waals surface area contributed by atoms with Crippen LogP contribution in [0.15, 0.2) is 24.3 Å². The van der Waals surface area contributed by atoms with Gasteiger partial charge in [-0.2, -0.15) is 11.8 Å². The van der Waals surface area contributed by atoms with Gasteiger partial charge < -0.3 is 10.6 Å². The molecule has 0 amide bonds. The highest BCUT2D eigenvalue weighted by Crippen LogP contribution is 2.11. The van der Waals surface area contributed by atoms with Crippen LogP contribution in [0.1, 0.15) is 5.56 Å². The summed E-state index contributed by atoms with van der Waals surface area (Å²) in [5, 5.41) is 0. The van der Waals surface area contributed by atoms with Gasteiger partial charge >= 0.3 is 0 Å². The van der Waals surface area contributed by atoms with Crippen molar-refractivity contribution in [2.24, 2.45) is 0 Å². The summed E-state index contributed by atoms with van der Waals surface area (Å²) in [4.78, 5) is 2.35. The van der Waals surface area contributed by atoms with Crippen LogP contribution in [0.3, 0.4) is 0 Å². The first-order valence-corrected chi connectivity index (χ1v) is 6.64. The van der Waals surface area contributed by atoms with E-state index in [1.54, 1.807) is 0 Å². The Morgan fingerprint density at radius 3 is 2.67 bits per heavy atom. The first-order valence-electron chi connectivity index (χ1n) is 5.25. The minimum Gasteiger partial charge on any atom is -0.399 e.